The van der Waals surface area contributed by atoms with Crippen molar-refractivity contribution in [2.24, 2.45) is 23.2 Å². The normalized spacial score (nSPS) is 13.0. The molecule has 0 saturated carbocycles. The molecule has 0 fully saturated rings. The standard InChI is InChI=1S/C32H48F3NO4S/c1-24(2)31(25(3)4,26(5)6)20-12-10-8-7-9-11-13-21-39-23-29-17-14-28(22-36-29)27-15-18-30(19-16-27)40-41(37,38)32(33,34)35/h14-19,22,24-26H,7-13,20-21,23H2,1-6H3. The predicted octanol–water partition coefficient (Wildman–Crippen LogP) is 9.57. The first kappa shape index (κ1) is 35.1. The summed E-state index contributed by atoms with van der Waals surface area (Å²) >= 11 is 0. The molecule has 0 atom stereocenters. The number of nitrogens with zero attached hydrogens (tertiary/aromatic N) is 1. The van der Waals surface area contributed by atoms with E-state index in [0.29, 0.717) is 41.9 Å². The van der Waals surface area contributed by atoms with Gasteiger partial charge in [0.25, 0.3) is 0 Å². The summed E-state index contributed by atoms with van der Waals surface area (Å²) in [5, 5.41) is 0. The van der Waals surface area contributed by atoms with Crippen LogP contribution in [0.3, 0.4) is 0 Å². The molecule has 1 aromatic carbocycles. The van der Waals surface area contributed by atoms with Crippen LogP contribution in [0.4, 0.5) is 13.2 Å². The molecule has 232 valence electrons. The van der Waals surface area contributed by atoms with Crippen molar-refractivity contribution in [3.8, 4) is 16.9 Å². The molecule has 0 radical (unpaired) electrons. The number of aromatic nitrogens is 1. The molecule has 1 heterocycles. The average molecular weight is 600 g/mol. The van der Waals surface area contributed by atoms with Crippen molar-refractivity contribution < 1.29 is 30.5 Å². The summed E-state index contributed by atoms with van der Waals surface area (Å²) < 4.78 is 69.6. The number of hydrogen-bond acceptors (Lipinski definition) is 5. The van der Waals surface area contributed by atoms with Crippen molar-refractivity contribution in [3.63, 3.8) is 0 Å². The van der Waals surface area contributed by atoms with E-state index in [1.165, 1.54) is 62.8 Å². The SMILES string of the molecule is CC(C)C(CCCCCCCCCOCc1ccc(-c2ccc(OS(=O)(=O)C(F)(F)F)cc2)cn1)(C(C)C)C(C)C. The van der Waals surface area contributed by atoms with Crippen LogP contribution >= 0.6 is 0 Å². The maximum Gasteiger partial charge on any atom is 0.534 e. The lowest BCUT2D eigenvalue weighted by atomic mass is 9.60. The Labute approximate surface area is 245 Å². The van der Waals surface area contributed by atoms with Crippen molar-refractivity contribution in [1.82, 2.24) is 4.98 Å². The van der Waals surface area contributed by atoms with Crippen molar-refractivity contribution in [2.45, 2.75) is 105 Å². The van der Waals surface area contributed by atoms with Crippen LogP contribution in [0.15, 0.2) is 42.6 Å². The molecule has 0 spiro atoms. The Morgan fingerprint density at radius 1 is 0.732 bits per heavy atom. The maximum atomic E-state index is 12.5. The van der Waals surface area contributed by atoms with Gasteiger partial charge in [-0.3, -0.25) is 4.98 Å². The molecule has 0 aliphatic heterocycles. The fourth-order valence-electron chi connectivity index (χ4n) is 6.12. The van der Waals surface area contributed by atoms with Crippen LogP contribution in [0.5, 0.6) is 5.75 Å². The van der Waals surface area contributed by atoms with Gasteiger partial charge in [-0.05, 0) is 59.8 Å². The van der Waals surface area contributed by atoms with Gasteiger partial charge in [0.1, 0.15) is 5.75 Å². The summed E-state index contributed by atoms with van der Waals surface area (Å²) in [6, 6.07) is 8.97. The van der Waals surface area contributed by atoms with E-state index in [1.54, 1.807) is 6.20 Å². The molecule has 0 amide bonds. The molecule has 5 nitrogen and oxygen atoms in total. The highest BCUT2D eigenvalue weighted by Gasteiger charge is 2.48. The number of rotatable bonds is 18. The van der Waals surface area contributed by atoms with Crippen LogP contribution in [0, 0.1) is 23.2 Å². The number of ether oxygens (including phenoxy) is 1. The minimum atomic E-state index is -5.69. The summed E-state index contributed by atoms with van der Waals surface area (Å²) in [6.07, 6.45) is 11.6. The molecule has 1 aromatic heterocycles. The fourth-order valence-corrected chi connectivity index (χ4v) is 6.58. The molecule has 0 unspecified atom stereocenters. The van der Waals surface area contributed by atoms with Gasteiger partial charge in [-0.1, -0.05) is 98.3 Å². The lowest BCUT2D eigenvalue weighted by Crippen LogP contribution is -2.38. The molecule has 0 saturated heterocycles. The lowest BCUT2D eigenvalue weighted by molar-refractivity contribution is -0.0500. The number of alkyl halides is 3. The largest absolute Gasteiger partial charge is 0.534 e. The van der Waals surface area contributed by atoms with E-state index in [0.717, 1.165) is 24.1 Å². The Morgan fingerprint density at radius 2 is 1.24 bits per heavy atom. The van der Waals surface area contributed by atoms with Crippen LogP contribution in [-0.4, -0.2) is 25.5 Å². The van der Waals surface area contributed by atoms with Gasteiger partial charge in [-0.25, -0.2) is 0 Å². The highest BCUT2D eigenvalue weighted by molar-refractivity contribution is 7.88. The number of pyridine rings is 1. The third kappa shape index (κ3) is 10.3. The third-order valence-corrected chi connectivity index (χ3v) is 9.35. The van der Waals surface area contributed by atoms with E-state index < -0.39 is 21.4 Å². The molecule has 0 aliphatic rings. The van der Waals surface area contributed by atoms with Gasteiger partial charge in [0.05, 0.1) is 12.3 Å². The molecular weight excluding hydrogens is 551 g/mol. The van der Waals surface area contributed by atoms with Crippen LogP contribution in [0.1, 0.15) is 98.6 Å². The smallest absolute Gasteiger partial charge is 0.376 e. The fraction of sp³-hybridized carbons (Fsp3) is 0.656. The van der Waals surface area contributed by atoms with E-state index in [9.17, 15) is 21.6 Å². The maximum absolute atomic E-state index is 12.5. The van der Waals surface area contributed by atoms with Gasteiger partial charge in [-0.2, -0.15) is 21.6 Å². The van der Waals surface area contributed by atoms with Crippen LogP contribution < -0.4 is 4.18 Å². The molecule has 0 bridgehead atoms. The lowest BCUT2D eigenvalue weighted by Gasteiger charge is -2.45. The number of unbranched alkanes of at least 4 members (excludes halogenated alkanes) is 6. The highest BCUT2D eigenvalue weighted by Crippen LogP contribution is 2.47. The van der Waals surface area contributed by atoms with Crippen molar-refractivity contribution in [1.29, 1.82) is 0 Å². The van der Waals surface area contributed by atoms with Gasteiger partial charge < -0.3 is 8.92 Å². The van der Waals surface area contributed by atoms with Crippen LogP contribution in [0.25, 0.3) is 11.1 Å². The van der Waals surface area contributed by atoms with Crippen LogP contribution in [-0.2, 0) is 21.5 Å². The zero-order valence-electron chi connectivity index (χ0n) is 25.5. The van der Waals surface area contributed by atoms with Crippen molar-refractivity contribution >= 4 is 10.1 Å². The summed E-state index contributed by atoms with van der Waals surface area (Å²) in [7, 11) is -5.69. The van der Waals surface area contributed by atoms with E-state index in [1.807, 2.05) is 12.1 Å². The zero-order chi connectivity index (χ0) is 30.7. The third-order valence-electron chi connectivity index (χ3n) is 8.37. The first-order chi connectivity index (χ1) is 19.2. The average Bonchev–Trinajstić information content (AvgIpc) is 2.88. The first-order valence-electron chi connectivity index (χ1n) is 14.8. The molecule has 0 aliphatic carbocycles. The molecular formula is C32H48F3NO4S. The summed E-state index contributed by atoms with van der Waals surface area (Å²) in [4.78, 5) is 4.39. The minimum absolute atomic E-state index is 0.408. The topological polar surface area (TPSA) is 65.5 Å². The summed E-state index contributed by atoms with van der Waals surface area (Å²) in [5.74, 6) is 1.70. The second-order valence-electron chi connectivity index (χ2n) is 11.9. The highest BCUT2D eigenvalue weighted by atomic mass is 32.2. The van der Waals surface area contributed by atoms with Gasteiger partial charge in [-0.15, -0.1) is 0 Å². The monoisotopic (exact) mass is 599 g/mol. The minimum Gasteiger partial charge on any atom is -0.376 e. The van der Waals surface area contributed by atoms with Crippen molar-refractivity contribution in [3.05, 3.63) is 48.3 Å². The molecule has 0 N–H and O–H groups in total. The zero-order valence-corrected chi connectivity index (χ0v) is 26.3. The second kappa shape index (κ2) is 15.9. The van der Waals surface area contributed by atoms with Gasteiger partial charge in [0.15, 0.2) is 0 Å². The summed E-state index contributed by atoms with van der Waals surface area (Å²) in [6.45, 7) is 15.4. The van der Waals surface area contributed by atoms with Gasteiger partial charge >= 0.3 is 15.6 Å². The molecule has 9 heteroatoms. The Morgan fingerprint density at radius 3 is 1.73 bits per heavy atom. The summed E-state index contributed by atoms with van der Waals surface area (Å²) in [5.41, 5.74) is -2.85. The van der Waals surface area contributed by atoms with Gasteiger partial charge in [0, 0.05) is 18.4 Å². The van der Waals surface area contributed by atoms with Gasteiger partial charge in [0.2, 0.25) is 0 Å². The van der Waals surface area contributed by atoms with E-state index >= 15 is 0 Å². The van der Waals surface area contributed by atoms with E-state index in [-0.39, 0.29) is 0 Å². The Balaban J connectivity index is 1.63. The Bertz CT molecular complexity index is 1110. The Hall–Kier alpha value is -2.13. The molecule has 41 heavy (non-hydrogen) atoms. The Kier molecular flexibility index (Phi) is 13.6. The first-order valence-corrected chi connectivity index (χ1v) is 16.3. The van der Waals surface area contributed by atoms with E-state index in [4.69, 9.17) is 4.74 Å². The van der Waals surface area contributed by atoms with E-state index in [2.05, 4.69) is 50.7 Å². The molecule has 2 rings (SSSR count). The van der Waals surface area contributed by atoms with Crippen LogP contribution in [0.2, 0.25) is 0 Å². The van der Waals surface area contributed by atoms with Crippen molar-refractivity contribution in [2.75, 3.05) is 6.61 Å². The second-order valence-corrected chi connectivity index (χ2v) is 13.4. The predicted molar refractivity (Wildman–Crippen MR) is 159 cm³/mol. The number of hydrogen-bond donors (Lipinski definition) is 0. The number of benzene rings is 1. The number of halogens is 3. The quantitative estimate of drug-likeness (QED) is 0.0970. The molecule has 2 aromatic rings.